The summed E-state index contributed by atoms with van der Waals surface area (Å²) in [4.78, 5) is 4.40. The lowest BCUT2D eigenvalue weighted by molar-refractivity contribution is 0.0992. The molecule has 0 amide bonds. The van der Waals surface area contributed by atoms with Crippen molar-refractivity contribution in [3.05, 3.63) is 0 Å². The van der Waals surface area contributed by atoms with E-state index in [0.29, 0.717) is 23.7 Å². The van der Waals surface area contributed by atoms with Gasteiger partial charge < -0.3 is 15.4 Å². The van der Waals surface area contributed by atoms with Crippen molar-refractivity contribution in [1.82, 2.24) is 10.6 Å². The van der Waals surface area contributed by atoms with Gasteiger partial charge in [0.05, 0.1) is 18.2 Å². The van der Waals surface area contributed by atoms with E-state index in [2.05, 4.69) is 29.5 Å². The first kappa shape index (κ1) is 15.1. The predicted octanol–water partition coefficient (Wildman–Crippen LogP) is 2.69. The molecular weight excluding hydrogens is 262 g/mol. The lowest BCUT2D eigenvalue weighted by atomic mass is 9.78. The van der Waals surface area contributed by atoms with Crippen LogP contribution >= 0.6 is 0 Å². The molecule has 3 fully saturated rings. The van der Waals surface area contributed by atoms with E-state index in [9.17, 15) is 0 Å². The van der Waals surface area contributed by atoms with Gasteiger partial charge in [0, 0.05) is 13.6 Å². The fraction of sp³-hybridized carbons (Fsp3) is 0.941. The predicted molar refractivity (Wildman–Crippen MR) is 86.5 cm³/mol. The zero-order chi connectivity index (χ0) is 14.9. The fourth-order valence-corrected chi connectivity index (χ4v) is 4.32. The molecule has 1 saturated carbocycles. The molecule has 4 heteroatoms. The maximum absolute atomic E-state index is 5.91. The van der Waals surface area contributed by atoms with Crippen LogP contribution in [0.2, 0.25) is 0 Å². The molecule has 2 bridgehead atoms. The molecule has 120 valence electrons. The Morgan fingerprint density at radius 1 is 1.19 bits per heavy atom. The molecule has 0 aromatic carbocycles. The number of ether oxygens (including phenoxy) is 1. The maximum Gasteiger partial charge on any atom is 0.191 e. The van der Waals surface area contributed by atoms with Crippen LogP contribution in [0.3, 0.4) is 0 Å². The van der Waals surface area contributed by atoms with Gasteiger partial charge in [0.1, 0.15) is 0 Å². The van der Waals surface area contributed by atoms with Crippen molar-refractivity contribution >= 4 is 5.96 Å². The van der Waals surface area contributed by atoms with Crippen molar-refractivity contribution in [3.63, 3.8) is 0 Å². The summed E-state index contributed by atoms with van der Waals surface area (Å²) in [5.41, 5.74) is 0.347. The Balaban J connectivity index is 1.48. The standard InChI is InChI=1S/C17H31N3O/c1-17(2,12-6-4-5-7-12)11-19-16(18-3)20-14-10-13-8-9-15(14)21-13/h12-15H,4-11H2,1-3H3,(H2,18,19,20). The molecule has 0 radical (unpaired) electrons. The van der Waals surface area contributed by atoms with Gasteiger partial charge in [-0.1, -0.05) is 26.7 Å². The van der Waals surface area contributed by atoms with Crippen LogP contribution in [0.1, 0.15) is 58.8 Å². The van der Waals surface area contributed by atoms with E-state index >= 15 is 0 Å². The largest absolute Gasteiger partial charge is 0.373 e. The second-order valence-corrected chi connectivity index (χ2v) is 7.76. The number of guanidine groups is 1. The van der Waals surface area contributed by atoms with E-state index in [1.807, 2.05) is 7.05 Å². The normalized spacial score (nSPS) is 33.7. The molecule has 0 spiro atoms. The lowest BCUT2D eigenvalue weighted by Gasteiger charge is -2.33. The summed E-state index contributed by atoms with van der Waals surface area (Å²) in [7, 11) is 1.87. The van der Waals surface area contributed by atoms with Crippen molar-refractivity contribution in [2.45, 2.75) is 77.0 Å². The third kappa shape index (κ3) is 3.36. The molecule has 1 aliphatic carbocycles. The van der Waals surface area contributed by atoms with Gasteiger partial charge in [0.2, 0.25) is 0 Å². The zero-order valence-electron chi connectivity index (χ0n) is 13.8. The van der Waals surface area contributed by atoms with Crippen LogP contribution < -0.4 is 10.6 Å². The van der Waals surface area contributed by atoms with E-state index < -0.39 is 0 Å². The summed E-state index contributed by atoms with van der Waals surface area (Å²) in [6.45, 7) is 5.78. The van der Waals surface area contributed by atoms with Crippen LogP contribution in [0, 0.1) is 11.3 Å². The van der Waals surface area contributed by atoms with Crippen LogP contribution in [0.4, 0.5) is 0 Å². The van der Waals surface area contributed by atoms with Crippen molar-refractivity contribution in [2.24, 2.45) is 16.3 Å². The topological polar surface area (TPSA) is 45.7 Å². The first-order valence-electron chi connectivity index (χ1n) is 8.71. The summed E-state index contributed by atoms with van der Waals surface area (Å²) in [6.07, 6.45) is 10.1. The van der Waals surface area contributed by atoms with Crippen molar-refractivity contribution < 1.29 is 4.74 Å². The molecular formula is C17H31N3O. The summed E-state index contributed by atoms with van der Waals surface area (Å²) >= 11 is 0. The van der Waals surface area contributed by atoms with Crippen LogP contribution in [0.25, 0.3) is 0 Å². The Hall–Kier alpha value is -0.770. The lowest BCUT2D eigenvalue weighted by Crippen LogP contribution is -2.50. The maximum atomic E-state index is 5.91. The van der Waals surface area contributed by atoms with Crippen LogP contribution in [-0.2, 0) is 4.74 Å². The summed E-state index contributed by atoms with van der Waals surface area (Å²) < 4.78 is 5.91. The van der Waals surface area contributed by atoms with Gasteiger partial charge in [-0.15, -0.1) is 0 Å². The zero-order valence-corrected chi connectivity index (χ0v) is 13.8. The van der Waals surface area contributed by atoms with Crippen molar-refractivity contribution in [3.8, 4) is 0 Å². The third-order valence-corrected chi connectivity index (χ3v) is 5.82. The molecule has 2 saturated heterocycles. The van der Waals surface area contributed by atoms with E-state index in [1.54, 1.807) is 0 Å². The Bertz CT molecular complexity index is 387. The van der Waals surface area contributed by atoms with Crippen molar-refractivity contribution in [2.75, 3.05) is 13.6 Å². The molecule has 21 heavy (non-hydrogen) atoms. The summed E-state index contributed by atoms with van der Waals surface area (Å²) in [5, 5.41) is 7.13. The highest BCUT2D eigenvalue weighted by molar-refractivity contribution is 5.80. The minimum absolute atomic E-state index is 0.347. The molecule has 0 aromatic rings. The molecule has 0 aromatic heterocycles. The first-order valence-corrected chi connectivity index (χ1v) is 8.71. The smallest absolute Gasteiger partial charge is 0.191 e. The monoisotopic (exact) mass is 293 g/mol. The average molecular weight is 293 g/mol. The van der Waals surface area contributed by atoms with E-state index in [1.165, 1.54) is 38.5 Å². The van der Waals surface area contributed by atoms with Crippen LogP contribution in [0.5, 0.6) is 0 Å². The molecule has 2 N–H and O–H groups in total. The highest BCUT2D eigenvalue weighted by atomic mass is 16.5. The molecule has 3 rings (SSSR count). The number of rotatable bonds is 4. The molecule has 2 heterocycles. The molecule has 4 nitrogen and oxygen atoms in total. The van der Waals surface area contributed by atoms with E-state index in [4.69, 9.17) is 4.74 Å². The quantitative estimate of drug-likeness (QED) is 0.619. The number of hydrogen-bond acceptors (Lipinski definition) is 2. The van der Waals surface area contributed by atoms with Gasteiger partial charge in [-0.2, -0.15) is 0 Å². The minimum Gasteiger partial charge on any atom is -0.373 e. The molecule has 3 aliphatic rings. The third-order valence-electron chi connectivity index (χ3n) is 5.82. The number of fused-ring (bicyclic) bond motifs is 2. The van der Waals surface area contributed by atoms with Gasteiger partial charge in [0.25, 0.3) is 0 Å². The average Bonchev–Trinajstić information content (AvgIpc) is 3.18. The number of nitrogens with zero attached hydrogens (tertiary/aromatic N) is 1. The second-order valence-electron chi connectivity index (χ2n) is 7.76. The Morgan fingerprint density at radius 3 is 2.52 bits per heavy atom. The van der Waals surface area contributed by atoms with Crippen LogP contribution in [-0.4, -0.2) is 37.8 Å². The van der Waals surface area contributed by atoms with Gasteiger partial charge in [0.15, 0.2) is 5.96 Å². The van der Waals surface area contributed by atoms with Gasteiger partial charge >= 0.3 is 0 Å². The highest BCUT2D eigenvalue weighted by Crippen LogP contribution is 2.39. The summed E-state index contributed by atoms with van der Waals surface area (Å²) in [5.74, 6) is 1.80. The Labute approximate surface area is 129 Å². The number of nitrogens with one attached hydrogen (secondary N) is 2. The van der Waals surface area contributed by atoms with Crippen LogP contribution in [0.15, 0.2) is 4.99 Å². The first-order chi connectivity index (χ1) is 10.1. The fourth-order valence-electron chi connectivity index (χ4n) is 4.32. The van der Waals surface area contributed by atoms with Crippen molar-refractivity contribution in [1.29, 1.82) is 0 Å². The van der Waals surface area contributed by atoms with Gasteiger partial charge in [-0.05, 0) is 43.4 Å². The van der Waals surface area contributed by atoms with Gasteiger partial charge in [-0.3, -0.25) is 4.99 Å². The molecule has 3 atom stereocenters. The second kappa shape index (κ2) is 6.15. The Kier molecular flexibility index (Phi) is 4.43. The van der Waals surface area contributed by atoms with E-state index in [0.717, 1.165) is 24.8 Å². The molecule has 2 aliphatic heterocycles. The SMILES string of the molecule is CN=C(NCC(C)(C)C1CCCC1)NC1CC2CCC1O2. The molecule has 3 unspecified atom stereocenters. The van der Waals surface area contributed by atoms with E-state index in [-0.39, 0.29) is 0 Å². The summed E-state index contributed by atoms with van der Waals surface area (Å²) in [6, 6.07) is 0.449. The number of hydrogen-bond donors (Lipinski definition) is 2. The Morgan fingerprint density at radius 2 is 1.95 bits per heavy atom. The minimum atomic E-state index is 0.347. The highest BCUT2D eigenvalue weighted by Gasteiger charge is 2.41. The number of aliphatic imine (C=N–C) groups is 1. The van der Waals surface area contributed by atoms with Gasteiger partial charge in [-0.25, -0.2) is 0 Å².